The minimum absolute atomic E-state index is 0.0105. The number of methoxy groups -OCH3 is 1. The zero-order chi connectivity index (χ0) is 26.8. The molecule has 6 atom stereocenters. The summed E-state index contributed by atoms with van der Waals surface area (Å²) in [5.74, 6) is 0.238. The van der Waals surface area contributed by atoms with E-state index in [2.05, 4.69) is 50.9 Å². The lowest BCUT2D eigenvalue weighted by Crippen LogP contribution is -2.58. The van der Waals surface area contributed by atoms with Gasteiger partial charge in [-0.1, -0.05) is 25.5 Å². The second-order valence-corrected chi connectivity index (χ2v) is 11.7. The van der Waals surface area contributed by atoms with E-state index in [1.54, 1.807) is 12.0 Å². The number of nitrogens with zero attached hydrogens (tertiary/aromatic N) is 2. The highest BCUT2D eigenvalue weighted by Gasteiger charge is 2.72. The Bertz CT molecular complexity index is 847. The fourth-order valence-corrected chi connectivity index (χ4v) is 6.35. The number of carbonyl (C=O) groups excluding carboxylic acids is 2. The Balaban J connectivity index is 1.25. The summed E-state index contributed by atoms with van der Waals surface area (Å²) in [6.07, 6.45) is 4.24. The summed E-state index contributed by atoms with van der Waals surface area (Å²) >= 11 is 0. The van der Waals surface area contributed by atoms with Crippen LogP contribution in [0.1, 0.15) is 60.3 Å². The van der Waals surface area contributed by atoms with Gasteiger partial charge in [-0.3, -0.25) is 4.79 Å². The van der Waals surface area contributed by atoms with Gasteiger partial charge in [0.05, 0.1) is 18.6 Å². The van der Waals surface area contributed by atoms with Crippen molar-refractivity contribution in [3.8, 4) is 0 Å². The maximum absolute atomic E-state index is 13.0. The number of carbonyl (C=O) groups is 2. The van der Waals surface area contributed by atoms with E-state index < -0.39 is 0 Å². The van der Waals surface area contributed by atoms with E-state index in [1.165, 1.54) is 5.57 Å². The normalized spacial score (nSPS) is 34.7. The van der Waals surface area contributed by atoms with Gasteiger partial charge in [-0.15, -0.1) is 0 Å². The Morgan fingerprint density at radius 2 is 1.92 bits per heavy atom. The molecular formula is C28H47N3O6. The van der Waals surface area contributed by atoms with E-state index in [-0.39, 0.29) is 53.4 Å². The number of epoxide rings is 2. The molecule has 37 heavy (non-hydrogen) atoms. The molecule has 1 aliphatic carbocycles. The maximum Gasteiger partial charge on any atom is 0.410 e. The van der Waals surface area contributed by atoms with E-state index in [1.807, 2.05) is 0 Å². The summed E-state index contributed by atoms with van der Waals surface area (Å²) in [6, 6.07) is 0. The summed E-state index contributed by atoms with van der Waals surface area (Å²) in [7, 11) is 1.69. The fourth-order valence-electron chi connectivity index (χ4n) is 6.35. The molecule has 0 aromatic carbocycles. The largest absolute Gasteiger partial charge is 0.443 e. The predicted octanol–water partition coefficient (Wildman–Crippen LogP) is 2.98. The Kier molecular flexibility index (Phi) is 8.88. The Morgan fingerprint density at radius 3 is 2.51 bits per heavy atom. The van der Waals surface area contributed by atoms with Gasteiger partial charge in [0.15, 0.2) is 0 Å². The van der Waals surface area contributed by atoms with Crippen LogP contribution in [0, 0.1) is 11.8 Å². The lowest BCUT2D eigenvalue weighted by atomic mass is 9.68. The monoisotopic (exact) mass is 521 g/mol. The van der Waals surface area contributed by atoms with Crippen LogP contribution < -0.4 is 5.32 Å². The van der Waals surface area contributed by atoms with Crippen LogP contribution in [0.25, 0.3) is 0 Å². The second kappa shape index (κ2) is 11.6. The number of rotatable bonds is 12. The highest BCUT2D eigenvalue weighted by molar-refractivity contribution is 5.77. The fraction of sp³-hybridized carbons (Fsp3) is 0.857. The molecule has 0 aromatic rings. The van der Waals surface area contributed by atoms with Gasteiger partial charge in [0.2, 0.25) is 5.91 Å². The number of likely N-dealkylation sites (tertiary alicyclic amines) is 1. The van der Waals surface area contributed by atoms with E-state index in [0.29, 0.717) is 39.1 Å². The summed E-state index contributed by atoms with van der Waals surface area (Å²) in [5.41, 5.74) is 0.687. The maximum atomic E-state index is 13.0. The van der Waals surface area contributed by atoms with Crippen LogP contribution in [0.3, 0.4) is 0 Å². The Labute approximate surface area is 222 Å². The Hall–Kier alpha value is -1.68. The van der Waals surface area contributed by atoms with Gasteiger partial charge in [-0.2, -0.15) is 0 Å². The standard InChI is InChI=1S/C28H47N3O6/c1-7-30(8-2)14-13-29-23(32)15-20-16-31(17-20)26(33)36-21-11-12-28(18-35-28)25(24(21)34-6)27(5)22(37-27)10-9-19(3)4/h9,20-22,24-25H,7-8,10-18H2,1-6H3,(H,29,32)/t21?,22-,24?,25?,27+,28?/m1/s1. The van der Waals surface area contributed by atoms with Gasteiger partial charge in [0.25, 0.3) is 0 Å². The lowest BCUT2D eigenvalue weighted by molar-refractivity contribution is -0.127. The summed E-state index contributed by atoms with van der Waals surface area (Å²) in [4.78, 5) is 29.2. The van der Waals surface area contributed by atoms with Crippen molar-refractivity contribution in [2.45, 2.75) is 89.8 Å². The van der Waals surface area contributed by atoms with Crippen LogP contribution in [-0.2, 0) is 23.7 Å². The number of hydrogen-bond donors (Lipinski definition) is 1. The second-order valence-electron chi connectivity index (χ2n) is 11.7. The van der Waals surface area contributed by atoms with E-state index >= 15 is 0 Å². The number of nitrogens with one attached hydrogen (secondary N) is 1. The molecule has 9 heteroatoms. The molecule has 4 rings (SSSR count). The molecule has 4 fully saturated rings. The summed E-state index contributed by atoms with van der Waals surface area (Å²) < 4.78 is 24.2. The number of ether oxygens (including phenoxy) is 4. The van der Waals surface area contributed by atoms with E-state index in [9.17, 15) is 9.59 Å². The highest BCUT2D eigenvalue weighted by Crippen LogP contribution is 2.59. The average molecular weight is 522 g/mol. The SMILES string of the molecule is CCN(CC)CCNC(=O)CC1CN(C(=O)OC2CCC3(CO3)C([C@@]3(C)O[C@@H]3CC=C(C)C)C2OC)C1. The molecule has 9 nitrogen and oxygen atoms in total. The molecule has 4 aliphatic rings. The molecule has 1 saturated carbocycles. The molecule has 3 aliphatic heterocycles. The summed E-state index contributed by atoms with van der Waals surface area (Å²) in [6.45, 7) is 15.9. The van der Waals surface area contributed by atoms with E-state index in [4.69, 9.17) is 18.9 Å². The first-order chi connectivity index (χ1) is 17.7. The van der Waals surface area contributed by atoms with Crippen LogP contribution in [0.5, 0.6) is 0 Å². The van der Waals surface area contributed by atoms with Crippen LogP contribution in [0.4, 0.5) is 4.79 Å². The molecule has 4 unspecified atom stereocenters. The molecule has 1 N–H and O–H groups in total. The molecule has 1 spiro atoms. The Morgan fingerprint density at radius 1 is 1.22 bits per heavy atom. The van der Waals surface area contributed by atoms with Gasteiger partial charge >= 0.3 is 6.09 Å². The van der Waals surface area contributed by atoms with Crippen molar-refractivity contribution in [3.63, 3.8) is 0 Å². The molecule has 0 bridgehead atoms. The van der Waals surface area contributed by atoms with Crippen molar-refractivity contribution < 1.29 is 28.5 Å². The zero-order valence-electron chi connectivity index (χ0n) is 23.6. The van der Waals surface area contributed by atoms with Crippen molar-refractivity contribution >= 4 is 12.0 Å². The molecule has 3 heterocycles. The van der Waals surface area contributed by atoms with Gasteiger partial charge in [0.1, 0.15) is 23.4 Å². The zero-order valence-corrected chi connectivity index (χ0v) is 23.6. The lowest BCUT2D eigenvalue weighted by Gasteiger charge is -2.44. The van der Waals surface area contributed by atoms with E-state index in [0.717, 1.165) is 32.5 Å². The van der Waals surface area contributed by atoms with Crippen molar-refractivity contribution in [2.75, 3.05) is 53.0 Å². The average Bonchev–Trinajstić information content (AvgIpc) is 3.75. The molecule has 210 valence electrons. The molecule has 3 saturated heterocycles. The smallest absolute Gasteiger partial charge is 0.410 e. The number of amides is 2. The summed E-state index contributed by atoms with van der Waals surface area (Å²) in [5, 5.41) is 3.00. The topological polar surface area (TPSA) is 96.2 Å². The van der Waals surface area contributed by atoms with Crippen LogP contribution >= 0.6 is 0 Å². The third-order valence-electron chi connectivity index (χ3n) is 8.82. The van der Waals surface area contributed by atoms with Gasteiger partial charge in [-0.25, -0.2) is 4.79 Å². The van der Waals surface area contributed by atoms with Crippen molar-refractivity contribution in [1.29, 1.82) is 0 Å². The highest BCUT2D eigenvalue weighted by atomic mass is 16.6. The van der Waals surface area contributed by atoms with Gasteiger partial charge < -0.3 is 34.1 Å². The number of allylic oxidation sites excluding steroid dienone is 1. The molecule has 2 amide bonds. The van der Waals surface area contributed by atoms with Crippen LogP contribution in [-0.4, -0.2) is 104 Å². The van der Waals surface area contributed by atoms with Gasteiger partial charge in [0, 0.05) is 45.6 Å². The minimum atomic E-state index is -0.352. The van der Waals surface area contributed by atoms with Gasteiger partial charge in [-0.05, 0) is 53.1 Å². The first kappa shape index (κ1) is 28.3. The van der Waals surface area contributed by atoms with Crippen molar-refractivity contribution in [3.05, 3.63) is 11.6 Å². The third-order valence-corrected chi connectivity index (χ3v) is 8.82. The van der Waals surface area contributed by atoms with Crippen LogP contribution in [0.2, 0.25) is 0 Å². The quantitative estimate of drug-likeness (QED) is 0.312. The van der Waals surface area contributed by atoms with Crippen molar-refractivity contribution in [2.24, 2.45) is 11.8 Å². The molecule has 0 aromatic heterocycles. The third kappa shape index (κ3) is 6.32. The van der Waals surface area contributed by atoms with Crippen LogP contribution in [0.15, 0.2) is 11.6 Å². The predicted molar refractivity (Wildman–Crippen MR) is 140 cm³/mol. The number of hydrogen-bond acceptors (Lipinski definition) is 7. The van der Waals surface area contributed by atoms with Crippen molar-refractivity contribution in [1.82, 2.24) is 15.1 Å². The minimum Gasteiger partial charge on any atom is -0.443 e. The molecular weight excluding hydrogens is 474 g/mol. The first-order valence-electron chi connectivity index (χ1n) is 14.1. The molecule has 0 radical (unpaired) electrons. The number of likely N-dealkylation sites (N-methyl/N-ethyl adjacent to an activating group) is 1. The first-order valence-corrected chi connectivity index (χ1v) is 14.1.